The number of benzene rings is 3. The molecule has 1 N–H and O–H groups in total. The Morgan fingerprint density at radius 1 is 0.939 bits per heavy atom. The number of aromatic hydroxyl groups is 1. The minimum absolute atomic E-state index is 0.0704. The number of phenols is 1. The SMILES string of the molecule is Cc1cccc(CN(Cc2cccc(C)c2)C(=O)c2nc(-c3cc(Br)c(O)c(Br)c3)no2)c1. The van der Waals surface area contributed by atoms with Gasteiger partial charge in [-0.25, -0.2) is 0 Å². The van der Waals surface area contributed by atoms with E-state index in [9.17, 15) is 9.90 Å². The van der Waals surface area contributed by atoms with E-state index in [1.165, 1.54) is 0 Å². The van der Waals surface area contributed by atoms with E-state index >= 15 is 0 Å². The van der Waals surface area contributed by atoms with Crippen LogP contribution in [0.25, 0.3) is 11.4 Å². The van der Waals surface area contributed by atoms with Crippen molar-refractivity contribution < 1.29 is 14.4 Å². The number of amides is 1. The molecule has 1 aromatic heterocycles. The monoisotopic (exact) mass is 569 g/mol. The molecule has 0 aliphatic carbocycles. The zero-order valence-corrected chi connectivity index (χ0v) is 21.2. The molecule has 4 rings (SSSR count). The van der Waals surface area contributed by atoms with Gasteiger partial charge >= 0.3 is 11.8 Å². The zero-order valence-electron chi connectivity index (χ0n) is 18.0. The number of aromatic nitrogens is 2. The van der Waals surface area contributed by atoms with E-state index in [2.05, 4.69) is 54.1 Å². The first-order valence-corrected chi connectivity index (χ1v) is 11.8. The Hall–Kier alpha value is -2.97. The van der Waals surface area contributed by atoms with E-state index in [0.717, 1.165) is 22.3 Å². The van der Waals surface area contributed by atoms with Crippen LogP contribution in [-0.2, 0) is 13.1 Å². The highest BCUT2D eigenvalue weighted by Crippen LogP contribution is 2.36. The molecule has 1 heterocycles. The standard InChI is InChI=1S/C25H21Br2N3O3/c1-15-5-3-7-17(9-15)13-30(14-18-8-4-6-16(2)10-18)25(32)24-28-23(29-33-24)19-11-20(26)22(31)21(27)12-19/h3-12,31H,13-14H2,1-2H3. The smallest absolute Gasteiger partial charge is 0.316 e. The van der Waals surface area contributed by atoms with E-state index in [0.29, 0.717) is 27.6 Å². The van der Waals surface area contributed by atoms with E-state index in [1.807, 2.05) is 50.2 Å². The molecule has 168 valence electrons. The van der Waals surface area contributed by atoms with Gasteiger partial charge in [0.2, 0.25) is 5.82 Å². The molecule has 0 radical (unpaired) electrons. The van der Waals surface area contributed by atoms with Crippen LogP contribution < -0.4 is 0 Å². The third-order valence-corrected chi connectivity index (χ3v) is 6.29. The molecule has 0 spiro atoms. The van der Waals surface area contributed by atoms with Crippen LogP contribution in [-0.4, -0.2) is 26.1 Å². The molecule has 0 saturated carbocycles. The highest BCUT2D eigenvalue weighted by Gasteiger charge is 2.24. The van der Waals surface area contributed by atoms with Crippen molar-refractivity contribution >= 4 is 37.8 Å². The largest absolute Gasteiger partial charge is 0.506 e. The maximum absolute atomic E-state index is 13.4. The van der Waals surface area contributed by atoms with Crippen LogP contribution in [0.5, 0.6) is 5.75 Å². The number of aryl methyl sites for hydroxylation is 2. The summed E-state index contributed by atoms with van der Waals surface area (Å²) in [5, 5.41) is 13.9. The van der Waals surface area contributed by atoms with Gasteiger partial charge in [0.1, 0.15) is 5.75 Å². The molecule has 0 saturated heterocycles. The molecule has 0 aliphatic heterocycles. The van der Waals surface area contributed by atoms with E-state index in [-0.39, 0.29) is 23.4 Å². The fourth-order valence-corrected chi connectivity index (χ4v) is 4.71. The van der Waals surface area contributed by atoms with Crippen LogP contribution >= 0.6 is 31.9 Å². The summed E-state index contributed by atoms with van der Waals surface area (Å²) in [6.45, 7) is 4.85. The first-order valence-electron chi connectivity index (χ1n) is 10.2. The quantitative estimate of drug-likeness (QED) is 0.289. The summed E-state index contributed by atoms with van der Waals surface area (Å²) in [4.78, 5) is 19.5. The predicted octanol–water partition coefficient (Wildman–Crippen LogP) is 6.43. The van der Waals surface area contributed by atoms with Crippen molar-refractivity contribution in [2.75, 3.05) is 0 Å². The number of hydrogen-bond acceptors (Lipinski definition) is 5. The van der Waals surface area contributed by atoms with E-state index < -0.39 is 0 Å². The normalized spacial score (nSPS) is 10.9. The van der Waals surface area contributed by atoms with Crippen molar-refractivity contribution in [3.8, 4) is 17.1 Å². The maximum Gasteiger partial charge on any atom is 0.316 e. The summed E-state index contributed by atoms with van der Waals surface area (Å²) >= 11 is 6.60. The Balaban J connectivity index is 1.64. The number of carbonyl (C=O) groups excluding carboxylic acids is 1. The summed E-state index contributed by atoms with van der Waals surface area (Å²) in [5.41, 5.74) is 4.88. The van der Waals surface area contributed by atoms with Crippen molar-refractivity contribution in [3.63, 3.8) is 0 Å². The van der Waals surface area contributed by atoms with Gasteiger partial charge in [0.05, 0.1) is 8.95 Å². The zero-order chi connectivity index (χ0) is 23.5. The molecule has 4 aromatic rings. The average molecular weight is 571 g/mol. The molecule has 0 fully saturated rings. The first-order chi connectivity index (χ1) is 15.8. The second-order valence-corrected chi connectivity index (χ2v) is 9.56. The minimum atomic E-state index is -0.353. The summed E-state index contributed by atoms with van der Waals surface area (Å²) in [5.74, 6) is -0.119. The molecule has 0 atom stereocenters. The number of nitrogens with zero attached hydrogens (tertiary/aromatic N) is 3. The van der Waals surface area contributed by atoms with Gasteiger partial charge in [-0.3, -0.25) is 4.79 Å². The number of rotatable bonds is 6. The summed E-state index contributed by atoms with van der Waals surface area (Å²) < 4.78 is 6.30. The van der Waals surface area contributed by atoms with E-state index in [1.54, 1.807) is 17.0 Å². The molecule has 0 unspecified atom stereocenters. The van der Waals surface area contributed by atoms with Crippen LogP contribution in [0.2, 0.25) is 0 Å². The summed E-state index contributed by atoms with van der Waals surface area (Å²) in [7, 11) is 0. The van der Waals surface area contributed by atoms with Crippen molar-refractivity contribution in [1.82, 2.24) is 15.0 Å². The first kappa shape index (κ1) is 23.2. The highest BCUT2D eigenvalue weighted by molar-refractivity contribution is 9.11. The van der Waals surface area contributed by atoms with Crippen molar-refractivity contribution in [3.05, 3.63) is 97.8 Å². The van der Waals surface area contributed by atoms with Gasteiger partial charge in [0.25, 0.3) is 0 Å². The summed E-state index contributed by atoms with van der Waals surface area (Å²) in [6, 6.07) is 19.4. The van der Waals surface area contributed by atoms with Gasteiger partial charge in [0.15, 0.2) is 0 Å². The Morgan fingerprint density at radius 3 is 2.00 bits per heavy atom. The minimum Gasteiger partial charge on any atom is -0.506 e. The van der Waals surface area contributed by atoms with Crippen LogP contribution in [0.15, 0.2) is 74.1 Å². The molecule has 6 nitrogen and oxygen atoms in total. The molecular formula is C25H21Br2N3O3. The molecule has 0 bridgehead atoms. The van der Waals surface area contributed by atoms with Crippen LogP contribution in [0.1, 0.15) is 32.9 Å². The van der Waals surface area contributed by atoms with Crippen LogP contribution in [0.3, 0.4) is 0 Å². The fourth-order valence-electron chi connectivity index (χ4n) is 3.52. The van der Waals surface area contributed by atoms with E-state index in [4.69, 9.17) is 4.52 Å². The highest BCUT2D eigenvalue weighted by atomic mass is 79.9. The van der Waals surface area contributed by atoms with Gasteiger partial charge in [-0.2, -0.15) is 4.98 Å². The lowest BCUT2D eigenvalue weighted by Crippen LogP contribution is -2.30. The van der Waals surface area contributed by atoms with Crippen molar-refractivity contribution in [2.45, 2.75) is 26.9 Å². The Bertz CT molecular complexity index is 1250. The maximum atomic E-state index is 13.4. The molecule has 8 heteroatoms. The molecule has 0 aliphatic rings. The van der Waals surface area contributed by atoms with Gasteiger partial charge in [-0.1, -0.05) is 64.8 Å². The second kappa shape index (κ2) is 9.89. The molecular weight excluding hydrogens is 550 g/mol. The lowest BCUT2D eigenvalue weighted by atomic mass is 10.1. The van der Waals surface area contributed by atoms with Gasteiger partial charge in [0, 0.05) is 18.7 Å². The molecule has 3 aromatic carbocycles. The molecule has 33 heavy (non-hydrogen) atoms. The lowest BCUT2D eigenvalue weighted by molar-refractivity contribution is 0.0679. The third kappa shape index (κ3) is 5.51. The number of hydrogen-bond donors (Lipinski definition) is 1. The fraction of sp³-hybridized carbons (Fsp3) is 0.160. The van der Waals surface area contributed by atoms with Crippen LogP contribution in [0.4, 0.5) is 0 Å². The molecule has 1 amide bonds. The van der Waals surface area contributed by atoms with Gasteiger partial charge in [-0.05, 0) is 69.0 Å². The Morgan fingerprint density at radius 2 is 1.48 bits per heavy atom. The van der Waals surface area contributed by atoms with Crippen molar-refractivity contribution in [1.29, 1.82) is 0 Å². The number of carbonyl (C=O) groups is 1. The second-order valence-electron chi connectivity index (χ2n) is 7.85. The predicted molar refractivity (Wildman–Crippen MR) is 133 cm³/mol. The van der Waals surface area contributed by atoms with Gasteiger partial charge in [-0.15, -0.1) is 0 Å². The topological polar surface area (TPSA) is 79.5 Å². The Kier molecular flexibility index (Phi) is 6.95. The average Bonchev–Trinajstić information content (AvgIpc) is 3.27. The van der Waals surface area contributed by atoms with Crippen LogP contribution in [0, 0.1) is 13.8 Å². The lowest BCUT2D eigenvalue weighted by Gasteiger charge is -2.21. The van der Waals surface area contributed by atoms with Gasteiger partial charge < -0.3 is 14.5 Å². The number of phenolic OH excluding ortho intramolecular Hbond substituents is 1. The van der Waals surface area contributed by atoms with Crippen molar-refractivity contribution in [2.24, 2.45) is 0 Å². The summed E-state index contributed by atoms with van der Waals surface area (Å²) in [6.07, 6.45) is 0. The number of halogens is 2. The third-order valence-electron chi connectivity index (χ3n) is 5.08. The Labute approximate surface area is 208 Å².